The number of halogens is 13. The van der Waals surface area contributed by atoms with Crippen molar-refractivity contribution in [1.29, 1.82) is 0 Å². The van der Waals surface area contributed by atoms with Crippen LogP contribution in [0.5, 0.6) is 0 Å². The quantitative estimate of drug-likeness (QED) is 0.408. The summed E-state index contributed by atoms with van der Waals surface area (Å²) in [6, 6.07) is 7.14. The molecule has 0 spiro atoms. The van der Waals surface area contributed by atoms with Crippen molar-refractivity contribution >= 4 is 11.8 Å². The Hall–Kier alpha value is -2.75. The van der Waals surface area contributed by atoms with Crippen molar-refractivity contribution in [1.82, 2.24) is 9.80 Å². The average molecular weight is 590 g/mol. The molecule has 0 atom stereocenters. The summed E-state index contributed by atoms with van der Waals surface area (Å²) in [6.45, 7) is -1.34. The number of rotatable bonds is 6. The maximum Gasteiger partial charge on any atom is 0.460 e. The van der Waals surface area contributed by atoms with Gasteiger partial charge in [-0.25, -0.2) is 0 Å². The van der Waals surface area contributed by atoms with Crippen LogP contribution in [0, 0.1) is 5.92 Å². The Kier molecular flexibility index (Phi) is 7.67. The fourth-order valence-corrected chi connectivity index (χ4v) is 4.37. The highest BCUT2D eigenvalue weighted by Gasteiger charge is 2.91. The molecule has 17 heteroatoms. The van der Waals surface area contributed by atoms with Gasteiger partial charge in [0.1, 0.15) is 0 Å². The minimum Gasteiger partial charge on any atom is -0.338 e. The van der Waals surface area contributed by atoms with Crippen molar-refractivity contribution in [2.24, 2.45) is 5.92 Å². The maximum absolute atomic E-state index is 14.2. The minimum atomic E-state index is -8.07. The summed E-state index contributed by atoms with van der Waals surface area (Å²) in [5.41, 5.74) is 1.82. The van der Waals surface area contributed by atoms with Crippen LogP contribution in [0.25, 0.3) is 0 Å². The molecule has 3 rings (SSSR count). The molecular weight excluding hydrogens is 571 g/mol. The first kappa shape index (κ1) is 30.8. The molecule has 2 aliphatic rings. The molecule has 1 aromatic carbocycles. The Morgan fingerprint density at radius 1 is 0.641 bits per heavy atom. The molecule has 4 nitrogen and oxygen atoms in total. The van der Waals surface area contributed by atoms with Crippen LogP contribution in [0.2, 0.25) is 0 Å². The Morgan fingerprint density at radius 3 is 1.64 bits per heavy atom. The summed E-state index contributed by atoms with van der Waals surface area (Å²) >= 11 is 0. The molecule has 220 valence electrons. The molecule has 0 N–H and O–H groups in total. The van der Waals surface area contributed by atoms with Gasteiger partial charge in [-0.3, -0.25) is 9.59 Å². The number of likely N-dealkylation sites (tertiary alicyclic amines) is 1. The van der Waals surface area contributed by atoms with Gasteiger partial charge >= 0.3 is 35.8 Å². The molecule has 39 heavy (non-hydrogen) atoms. The topological polar surface area (TPSA) is 40.6 Å². The van der Waals surface area contributed by atoms with Gasteiger partial charge in [-0.05, 0) is 30.4 Å². The number of hydrogen-bond donors (Lipinski definition) is 0. The van der Waals surface area contributed by atoms with Gasteiger partial charge in [0, 0.05) is 32.1 Å². The van der Waals surface area contributed by atoms with E-state index >= 15 is 0 Å². The van der Waals surface area contributed by atoms with Crippen molar-refractivity contribution < 1.29 is 66.7 Å². The van der Waals surface area contributed by atoms with E-state index in [1.54, 1.807) is 18.2 Å². The molecule has 2 heterocycles. The van der Waals surface area contributed by atoms with Crippen molar-refractivity contribution in [3.8, 4) is 0 Å². The average Bonchev–Trinajstić information content (AvgIpc) is 2.86. The van der Waals surface area contributed by atoms with E-state index in [0.717, 1.165) is 11.1 Å². The highest BCUT2D eigenvalue weighted by Crippen LogP contribution is 2.60. The highest BCUT2D eigenvalue weighted by atomic mass is 19.4. The lowest BCUT2D eigenvalue weighted by Crippen LogP contribution is -2.72. The van der Waals surface area contributed by atoms with Gasteiger partial charge in [-0.2, -0.15) is 57.1 Å². The summed E-state index contributed by atoms with van der Waals surface area (Å²) in [7, 11) is 0. The number of alkyl halides is 13. The summed E-state index contributed by atoms with van der Waals surface area (Å²) < 4.78 is 173. The van der Waals surface area contributed by atoms with Crippen LogP contribution in [0.1, 0.15) is 24.0 Å². The molecule has 1 aromatic rings. The molecule has 2 amide bonds. The second-order valence-electron chi connectivity index (χ2n) is 9.21. The van der Waals surface area contributed by atoms with E-state index in [-0.39, 0.29) is 18.0 Å². The number of fused-ring (bicyclic) bond motifs is 1. The molecule has 0 aliphatic carbocycles. The van der Waals surface area contributed by atoms with Gasteiger partial charge in [0.15, 0.2) is 0 Å². The second kappa shape index (κ2) is 9.71. The molecular formula is C22H19F13N2O2. The first-order valence-electron chi connectivity index (χ1n) is 11.2. The monoisotopic (exact) mass is 590 g/mol. The van der Waals surface area contributed by atoms with Gasteiger partial charge in [0.05, 0.1) is 0 Å². The summed E-state index contributed by atoms with van der Waals surface area (Å²) in [4.78, 5) is 26.1. The van der Waals surface area contributed by atoms with E-state index in [4.69, 9.17) is 0 Å². The SMILES string of the molecule is O=C(C1CCN(C(=O)C(F)(F)C(F)(F)C(F)(F)C(F)(F)C(F)(F)C(F)(F)F)CC1)N1CCc2ccccc2C1. The van der Waals surface area contributed by atoms with Crippen LogP contribution in [-0.2, 0) is 22.6 Å². The first-order chi connectivity index (χ1) is 17.6. The third-order valence-electron chi connectivity index (χ3n) is 6.78. The lowest BCUT2D eigenvalue weighted by molar-refractivity contribution is -0.436. The van der Waals surface area contributed by atoms with Gasteiger partial charge in [0.2, 0.25) is 5.91 Å². The zero-order chi connectivity index (χ0) is 29.8. The Morgan fingerprint density at radius 2 is 1.13 bits per heavy atom. The van der Waals surface area contributed by atoms with Crippen molar-refractivity contribution in [2.45, 2.75) is 61.6 Å². The van der Waals surface area contributed by atoms with Crippen LogP contribution < -0.4 is 0 Å². The predicted molar refractivity (Wildman–Crippen MR) is 106 cm³/mol. The number of nitrogens with zero attached hydrogens (tertiary/aromatic N) is 2. The Balaban J connectivity index is 1.72. The van der Waals surface area contributed by atoms with Crippen molar-refractivity contribution in [2.75, 3.05) is 19.6 Å². The third kappa shape index (κ3) is 4.78. The van der Waals surface area contributed by atoms with Gasteiger partial charge in [-0.1, -0.05) is 24.3 Å². The van der Waals surface area contributed by atoms with Gasteiger partial charge in [-0.15, -0.1) is 0 Å². The van der Waals surface area contributed by atoms with E-state index in [0.29, 0.717) is 6.42 Å². The highest BCUT2D eigenvalue weighted by molar-refractivity contribution is 5.85. The Bertz CT molecular complexity index is 1100. The zero-order valence-electron chi connectivity index (χ0n) is 19.5. The minimum absolute atomic E-state index is 0.167. The van der Waals surface area contributed by atoms with E-state index < -0.39 is 79.5 Å². The van der Waals surface area contributed by atoms with Crippen LogP contribution >= 0.6 is 0 Å². The molecule has 0 unspecified atom stereocenters. The lowest BCUT2D eigenvalue weighted by atomic mass is 9.91. The zero-order valence-corrected chi connectivity index (χ0v) is 19.5. The number of carbonyl (C=O) groups is 2. The normalized spacial score (nSPS) is 18.7. The maximum atomic E-state index is 14.2. The number of hydrogen-bond acceptors (Lipinski definition) is 2. The molecule has 2 aliphatic heterocycles. The Labute approximate surface area is 211 Å². The van der Waals surface area contributed by atoms with Gasteiger partial charge in [0.25, 0.3) is 5.91 Å². The molecule has 1 fully saturated rings. The van der Waals surface area contributed by atoms with E-state index in [9.17, 15) is 66.7 Å². The van der Waals surface area contributed by atoms with Crippen LogP contribution in [0.4, 0.5) is 57.1 Å². The largest absolute Gasteiger partial charge is 0.460 e. The first-order valence-corrected chi connectivity index (χ1v) is 11.2. The molecule has 0 bridgehead atoms. The number of piperidine rings is 1. The molecule has 1 saturated heterocycles. The summed E-state index contributed by atoms with van der Waals surface area (Å²) in [5.74, 6) is -43.1. The second-order valence-corrected chi connectivity index (χ2v) is 9.21. The third-order valence-corrected chi connectivity index (χ3v) is 6.78. The van der Waals surface area contributed by atoms with Crippen LogP contribution in [0.3, 0.4) is 0 Å². The van der Waals surface area contributed by atoms with E-state index in [1.807, 2.05) is 6.07 Å². The van der Waals surface area contributed by atoms with Crippen LogP contribution in [-0.4, -0.2) is 77.0 Å². The molecule has 0 radical (unpaired) electrons. The lowest BCUT2D eigenvalue weighted by Gasteiger charge is -2.41. The smallest absolute Gasteiger partial charge is 0.338 e. The number of amides is 2. The van der Waals surface area contributed by atoms with Crippen molar-refractivity contribution in [3.63, 3.8) is 0 Å². The molecule has 0 saturated carbocycles. The molecule has 0 aromatic heterocycles. The standard InChI is InChI=1S/C22H19F13N2O2/c23-17(24,18(25,26)19(27,28)20(29,30)21(31,32)22(33,34)35)16(39)36-8-6-13(7-9-36)15(38)37-10-5-12-3-1-2-4-14(12)11-37/h1-4,13H,5-11H2. The van der Waals surface area contributed by atoms with E-state index in [1.165, 1.54) is 4.90 Å². The summed E-state index contributed by atoms with van der Waals surface area (Å²) in [5, 5.41) is 0. The fraction of sp³-hybridized carbons (Fsp3) is 0.636. The van der Waals surface area contributed by atoms with E-state index in [2.05, 4.69) is 0 Å². The predicted octanol–water partition coefficient (Wildman–Crippen LogP) is 5.55. The van der Waals surface area contributed by atoms with Crippen LogP contribution in [0.15, 0.2) is 24.3 Å². The van der Waals surface area contributed by atoms with Crippen molar-refractivity contribution in [3.05, 3.63) is 35.4 Å². The summed E-state index contributed by atoms with van der Waals surface area (Å²) in [6.07, 6.45) is -7.89. The number of carbonyl (C=O) groups excluding carboxylic acids is 2. The van der Waals surface area contributed by atoms with Gasteiger partial charge < -0.3 is 9.80 Å². The fourth-order valence-electron chi connectivity index (χ4n) is 4.37. The number of benzene rings is 1.